The molecule has 14 heavy (non-hydrogen) atoms. The van der Waals surface area contributed by atoms with Crippen molar-refractivity contribution in [2.24, 2.45) is 0 Å². The van der Waals surface area contributed by atoms with E-state index >= 15 is 0 Å². The second-order valence-electron chi connectivity index (χ2n) is 5.47. The van der Waals surface area contributed by atoms with Gasteiger partial charge in [0.25, 0.3) is 0 Å². The third-order valence-electron chi connectivity index (χ3n) is 3.22. The van der Waals surface area contributed by atoms with Crippen LogP contribution in [-0.4, -0.2) is 47.3 Å². The number of nitrogens with one attached hydrogen (secondary N) is 1. The van der Waals surface area contributed by atoms with Gasteiger partial charge in [-0.2, -0.15) is 0 Å². The quantitative estimate of drug-likeness (QED) is 0.681. The van der Waals surface area contributed by atoms with E-state index in [-0.39, 0.29) is 0 Å². The van der Waals surface area contributed by atoms with Gasteiger partial charge < -0.3 is 10.4 Å². The molecule has 2 fully saturated rings. The van der Waals surface area contributed by atoms with Crippen LogP contribution in [0.25, 0.3) is 0 Å². The molecule has 82 valence electrons. The molecule has 0 aromatic heterocycles. The summed E-state index contributed by atoms with van der Waals surface area (Å²) in [5.41, 5.74) is -0.552. The van der Waals surface area contributed by atoms with Gasteiger partial charge in [0.05, 0.1) is 5.60 Å². The Balaban J connectivity index is 1.89. The Labute approximate surface area is 86.5 Å². The maximum Gasteiger partial charge on any atom is 0.0718 e. The van der Waals surface area contributed by atoms with Gasteiger partial charge >= 0.3 is 0 Å². The molecule has 3 nitrogen and oxygen atoms in total. The summed E-state index contributed by atoms with van der Waals surface area (Å²) < 4.78 is 0. The van der Waals surface area contributed by atoms with Crippen molar-refractivity contribution >= 4 is 0 Å². The van der Waals surface area contributed by atoms with E-state index in [4.69, 9.17) is 0 Å². The van der Waals surface area contributed by atoms with Gasteiger partial charge in [-0.3, -0.25) is 4.90 Å². The Bertz CT molecular complexity index is 200. The van der Waals surface area contributed by atoms with Crippen LogP contribution < -0.4 is 5.32 Å². The number of nitrogens with zero attached hydrogens (tertiary/aromatic N) is 1. The monoisotopic (exact) mass is 198 g/mol. The second-order valence-corrected chi connectivity index (χ2v) is 5.47. The Morgan fingerprint density at radius 2 is 2.00 bits per heavy atom. The molecule has 0 spiro atoms. The van der Waals surface area contributed by atoms with Crippen molar-refractivity contribution in [3.63, 3.8) is 0 Å². The number of hydrogen-bond donors (Lipinski definition) is 2. The zero-order valence-corrected chi connectivity index (χ0v) is 9.29. The number of β-amino-alcohol motifs (C(OH)–C–C–N with tert-alkyl or cyclic N) is 1. The summed E-state index contributed by atoms with van der Waals surface area (Å²) in [4.78, 5) is 2.40. The van der Waals surface area contributed by atoms with Gasteiger partial charge in [0.2, 0.25) is 0 Å². The summed E-state index contributed by atoms with van der Waals surface area (Å²) in [6.45, 7) is 6.84. The lowest BCUT2D eigenvalue weighted by Gasteiger charge is -2.29. The highest BCUT2D eigenvalue weighted by atomic mass is 16.3. The Kier molecular flexibility index (Phi) is 2.82. The predicted molar refractivity (Wildman–Crippen MR) is 57.3 cm³/mol. The van der Waals surface area contributed by atoms with Crippen molar-refractivity contribution in [2.75, 3.05) is 19.6 Å². The van der Waals surface area contributed by atoms with Crippen LogP contribution in [0, 0.1) is 0 Å². The molecule has 2 saturated heterocycles. The highest BCUT2D eigenvalue weighted by Crippen LogP contribution is 2.21. The summed E-state index contributed by atoms with van der Waals surface area (Å²) in [6.07, 6.45) is 3.90. The molecule has 2 heterocycles. The van der Waals surface area contributed by atoms with Crippen molar-refractivity contribution in [1.82, 2.24) is 10.2 Å². The molecule has 2 aliphatic rings. The van der Waals surface area contributed by atoms with Crippen LogP contribution in [0.3, 0.4) is 0 Å². The first kappa shape index (κ1) is 10.4. The van der Waals surface area contributed by atoms with E-state index in [9.17, 15) is 5.11 Å². The number of hydrogen-bond acceptors (Lipinski definition) is 3. The van der Waals surface area contributed by atoms with Crippen molar-refractivity contribution in [3.05, 3.63) is 0 Å². The first-order chi connectivity index (χ1) is 6.53. The van der Waals surface area contributed by atoms with Crippen molar-refractivity contribution in [1.29, 1.82) is 0 Å². The number of fused-ring (bicyclic) bond motifs is 2. The van der Waals surface area contributed by atoms with Gasteiger partial charge in [-0.25, -0.2) is 0 Å². The van der Waals surface area contributed by atoms with E-state index in [0.29, 0.717) is 6.04 Å². The molecule has 0 aliphatic carbocycles. The first-order valence-corrected chi connectivity index (χ1v) is 5.74. The van der Waals surface area contributed by atoms with Crippen LogP contribution in [0.15, 0.2) is 0 Å². The molecule has 2 N–H and O–H groups in total. The highest BCUT2D eigenvalue weighted by Gasteiger charge is 2.30. The maximum absolute atomic E-state index is 9.77. The van der Waals surface area contributed by atoms with Crippen molar-refractivity contribution in [2.45, 2.75) is 50.8 Å². The number of aliphatic hydroxyl groups is 1. The number of likely N-dealkylation sites (tertiary alicyclic amines) is 1. The normalized spacial score (nSPS) is 34.5. The molecular formula is C11H22N2O. The van der Waals surface area contributed by atoms with Gasteiger partial charge in [-0.15, -0.1) is 0 Å². The smallest absolute Gasteiger partial charge is 0.0718 e. The molecule has 0 saturated carbocycles. The Morgan fingerprint density at radius 1 is 1.29 bits per heavy atom. The summed E-state index contributed by atoms with van der Waals surface area (Å²) in [7, 11) is 0. The Hall–Kier alpha value is -0.120. The molecular weight excluding hydrogens is 176 g/mol. The molecule has 2 atom stereocenters. The minimum absolute atomic E-state index is 0.552. The third-order valence-corrected chi connectivity index (χ3v) is 3.22. The lowest BCUT2D eigenvalue weighted by Crippen LogP contribution is -2.43. The van der Waals surface area contributed by atoms with Gasteiger partial charge in [-0.05, 0) is 39.7 Å². The standard InChI is InChI=1S/C11H22N2O/c1-11(2,14)8-13-6-5-9-3-4-10(7-13)12-9/h9-10,12,14H,3-8H2,1-2H3. The maximum atomic E-state index is 9.77. The molecule has 0 aromatic rings. The van der Waals surface area contributed by atoms with Crippen LogP contribution in [0.1, 0.15) is 33.1 Å². The predicted octanol–water partition coefficient (Wildman–Crippen LogP) is 0.584. The van der Waals surface area contributed by atoms with E-state index in [1.807, 2.05) is 13.8 Å². The zero-order valence-electron chi connectivity index (χ0n) is 9.29. The summed E-state index contributed by atoms with van der Waals surface area (Å²) >= 11 is 0. The fourth-order valence-electron chi connectivity index (χ4n) is 2.71. The van der Waals surface area contributed by atoms with Gasteiger partial charge in [0, 0.05) is 25.2 Å². The first-order valence-electron chi connectivity index (χ1n) is 5.74. The fraction of sp³-hybridized carbons (Fsp3) is 1.00. The summed E-state index contributed by atoms with van der Waals surface area (Å²) in [6, 6.07) is 1.41. The van der Waals surface area contributed by atoms with E-state index in [1.54, 1.807) is 0 Å². The molecule has 2 unspecified atom stereocenters. The van der Waals surface area contributed by atoms with E-state index in [2.05, 4.69) is 10.2 Å². The molecule has 2 aliphatic heterocycles. The van der Waals surface area contributed by atoms with Crippen LogP contribution >= 0.6 is 0 Å². The second kappa shape index (κ2) is 3.80. The van der Waals surface area contributed by atoms with Gasteiger partial charge in [0.1, 0.15) is 0 Å². The third kappa shape index (κ3) is 2.69. The molecule has 0 aromatic carbocycles. The molecule has 2 rings (SSSR count). The van der Waals surface area contributed by atoms with Crippen LogP contribution in [0.2, 0.25) is 0 Å². The summed E-state index contributed by atoms with van der Waals surface area (Å²) in [5, 5.41) is 13.4. The van der Waals surface area contributed by atoms with Gasteiger partial charge in [0.15, 0.2) is 0 Å². The van der Waals surface area contributed by atoms with Crippen molar-refractivity contribution in [3.8, 4) is 0 Å². The van der Waals surface area contributed by atoms with Crippen LogP contribution in [0.5, 0.6) is 0 Å². The van der Waals surface area contributed by atoms with Gasteiger partial charge in [-0.1, -0.05) is 0 Å². The fourth-order valence-corrected chi connectivity index (χ4v) is 2.71. The molecule has 0 radical (unpaired) electrons. The van der Waals surface area contributed by atoms with Crippen LogP contribution in [-0.2, 0) is 0 Å². The minimum atomic E-state index is -0.552. The zero-order chi connectivity index (χ0) is 10.2. The van der Waals surface area contributed by atoms with Crippen LogP contribution in [0.4, 0.5) is 0 Å². The van der Waals surface area contributed by atoms with Crippen molar-refractivity contribution < 1.29 is 5.11 Å². The number of rotatable bonds is 2. The molecule has 2 bridgehead atoms. The van der Waals surface area contributed by atoms with E-state index in [0.717, 1.165) is 25.7 Å². The lowest BCUT2D eigenvalue weighted by atomic mass is 10.1. The average molecular weight is 198 g/mol. The van der Waals surface area contributed by atoms with E-state index in [1.165, 1.54) is 19.3 Å². The molecule has 3 heteroatoms. The summed E-state index contributed by atoms with van der Waals surface area (Å²) in [5.74, 6) is 0. The van der Waals surface area contributed by atoms with E-state index < -0.39 is 5.60 Å². The largest absolute Gasteiger partial charge is 0.389 e. The Morgan fingerprint density at radius 3 is 2.71 bits per heavy atom. The minimum Gasteiger partial charge on any atom is -0.389 e. The average Bonchev–Trinajstić information content (AvgIpc) is 2.35. The lowest BCUT2D eigenvalue weighted by molar-refractivity contribution is 0.0349. The SMILES string of the molecule is CC(C)(O)CN1CCC2CCC(C1)N2. The molecule has 0 amide bonds. The topological polar surface area (TPSA) is 35.5 Å². The highest BCUT2D eigenvalue weighted by molar-refractivity contribution is 4.90.